The standard InChI is InChI=1S/C7H6ClN5/c8-7-10-11-12-13(7)6-3-1-2-5(9)4-6/h1-4H,9H2. The van der Waals surface area contributed by atoms with Crippen molar-refractivity contribution in [1.29, 1.82) is 0 Å². The maximum absolute atomic E-state index is 5.71. The van der Waals surface area contributed by atoms with Crippen LogP contribution in [0.3, 0.4) is 0 Å². The maximum atomic E-state index is 5.71. The van der Waals surface area contributed by atoms with E-state index in [1.54, 1.807) is 12.1 Å². The van der Waals surface area contributed by atoms with E-state index >= 15 is 0 Å². The smallest absolute Gasteiger partial charge is 0.247 e. The molecule has 0 bridgehead atoms. The first kappa shape index (κ1) is 8.00. The van der Waals surface area contributed by atoms with Crippen LogP contribution in [0.15, 0.2) is 24.3 Å². The summed E-state index contributed by atoms with van der Waals surface area (Å²) < 4.78 is 1.40. The molecule has 6 heteroatoms. The summed E-state index contributed by atoms with van der Waals surface area (Å²) in [6.45, 7) is 0. The summed E-state index contributed by atoms with van der Waals surface area (Å²) in [4.78, 5) is 0. The third kappa shape index (κ3) is 1.46. The van der Waals surface area contributed by atoms with Gasteiger partial charge >= 0.3 is 0 Å². The average Bonchev–Trinajstić information content (AvgIpc) is 2.51. The lowest BCUT2D eigenvalue weighted by Crippen LogP contribution is -1.97. The normalized spacial score (nSPS) is 10.2. The van der Waals surface area contributed by atoms with E-state index in [-0.39, 0.29) is 5.28 Å². The Labute approximate surface area is 79.1 Å². The number of anilines is 1. The highest BCUT2D eigenvalue weighted by molar-refractivity contribution is 6.28. The molecule has 0 radical (unpaired) electrons. The van der Waals surface area contributed by atoms with Crippen LogP contribution in [-0.4, -0.2) is 20.2 Å². The molecule has 2 aromatic rings. The van der Waals surface area contributed by atoms with E-state index in [1.807, 2.05) is 12.1 Å². The molecule has 0 saturated carbocycles. The van der Waals surface area contributed by atoms with Crippen LogP contribution < -0.4 is 5.73 Å². The number of nitrogens with two attached hydrogens (primary N) is 1. The van der Waals surface area contributed by atoms with Gasteiger partial charge in [-0.2, -0.15) is 4.68 Å². The van der Waals surface area contributed by atoms with Crippen LogP contribution in [0.5, 0.6) is 0 Å². The molecule has 1 heterocycles. The highest BCUT2D eigenvalue weighted by atomic mass is 35.5. The molecule has 2 N–H and O–H groups in total. The molecule has 0 fully saturated rings. The average molecular weight is 196 g/mol. The Hall–Kier alpha value is -1.62. The van der Waals surface area contributed by atoms with Gasteiger partial charge in [-0.05, 0) is 40.2 Å². The van der Waals surface area contributed by atoms with Crippen LogP contribution in [0.25, 0.3) is 5.69 Å². The third-order valence-electron chi connectivity index (χ3n) is 1.55. The maximum Gasteiger partial charge on any atom is 0.247 e. The van der Waals surface area contributed by atoms with Crippen LogP contribution >= 0.6 is 11.6 Å². The molecule has 2 rings (SSSR count). The first-order valence-corrected chi connectivity index (χ1v) is 3.95. The van der Waals surface area contributed by atoms with Crippen LogP contribution in [0, 0.1) is 0 Å². The van der Waals surface area contributed by atoms with Gasteiger partial charge in [-0.3, -0.25) is 0 Å². The van der Waals surface area contributed by atoms with Crippen molar-refractivity contribution < 1.29 is 0 Å². The quantitative estimate of drug-likeness (QED) is 0.687. The van der Waals surface area contributed by atoms with Crippen LogP contribution in [-0.2, 0) is 0 Å². The summed E-state index contributed by atoms with van der Waals surface area (Å²) in [6, 6.07) is 7.14. The topological polar surface area (TPSA) is 69.6 Å². The lowest BCUT2D eigenvalue weighted by molar-refractivity contribution is 0.789. The van der Waals surface area contributed by atoms with Crippen LogP contribution in [0.2, 0.25) is 5.28 Å². The lowest BCUT2D eigenvalue weighted by Gasteiger charge is -2.00. The number of halogens is 1. The predicted molar refractivity (Wildman–Crippen MR) is 48.6 cm³/mol. The number of tetrazole rings is 1. The van der Waals surface area contributed by atoms with E-state index in [0.29, 0.717) is 5.69 Å². The van der Waals surface area contributed by atoms with E-state index in [9.17, 15) is 0 Å². The van der Waals surface area contributed by atoms with Gasteiger partial charge in [0.2, 0.25) is 5.28 Å². The van der Waals surface area contributed by atoms with Crippen molar-refractivity contribution in [2.45, 2.75) is 0 Å². The summed E-state index contributed by atoms with van der Waals surface area (Å²) in [5, 5.41) is 10.9. The molecule has 0 amide bonds. The van der Waals surface area contributed by atoms with E-state index in [2.05, 4.69) is 15.5 Å². The number of aromatic nitrogens is 4. The minimum atomic E-state index is 0.214. The second kappa shape index (κ2) is 3.02. The van der Waals surface area contributed by atoms with Crippen molar-refractivity contribution in [2.75, 3.05) is 5.73 Å². The Morgan fingerprint density at radius 2 is 2.23 bits per heavy atom. The molecule has 0 aliphatic carbocycles. The number of benzene rings is 1. The fraction of sp³-hybridized carbons (Fsp3) is 0. The second-order valence-corrected chi connectivity index (χ2v) is 2.79. The highest BCUT2D eigenvalue weighted by Crippen LogP contribution is 2.13. The number of hydrogen-bond acceptors (Lipinski definition) is 4. The molecule has 0 saturated heterocycles. The summed E-state index contributed by atoms with van der Waals surface area (Å²) in [7, 11) is 0. The van der Waals surface area contributed by atoms with Gasteiger partial charge in [0.25, 0.3) is 0 Å². The minimum absolute atomic E-state index is 0.214. The molecule has 13 heavy (non-hydrogen) atoms. The zero-order chi connectivity index (χ0) is 9.26. The fourth-order valence-electron chi connectivity index (χ4n) is 0.991. The summed E-state index contributed by atoms with van der Waals surface area (Å²) in [6.07, 6.45) is 0. The Balaban J connectivity index is 2.53. The zero-order valence-corrected chi connectivity index (χ0v) is 7.31. The molecule has 0 unspecified atom stereocenters. The summed E-state index contributed by atoms with van der Waals surface area (Å²) in [5.74, 6) is 0. The van der Waals surface area contributed by atoms with Crippen molar-refractivity contribution in [1.82, 2.24) is 20.2 Å². The summed E-state index contributed by atoms with van der Waals surface area (Å²) >= 11 is 5.71. The molecular formula is C7H6ClN5. The van der Waals surface area contributed by atoms with Gasteiger partial charge in [0, 0.05) is 5.69 Å². The SMILES string of the molecule is Nc1cccc(-n2nnnc2Cl)c1. The zero-order valence-electron chi connectivity index (χ0n) is 6.55. The Morgan fingerprint density at radius 1 is 1.38 bits per heavy atom. The first-order valence-electron chi connectivity index (χ1n) is 3.57. The number of nitrogens with zero attached hydrogens (tertiary/aromatic N) is 4. The van der Waals surface area contributed by atoms with Gasteiger partial charge in [-0.1, -0.05) is 11.2 Å². The molecule has 5 nitrogen and oxygen atoms in total. The van der Waals surface area contributed by atoms with E-state index < -0.39 is 0 Å². The van der Waals surface area contributed by atoms with Gasteiger partial charge in [0.15, 0.2) is 0 Å². The largest absolute Gasteiger partial charge is 0.399 e. The van der Waals surface area contributed by atoms with Gasteiger partial charge in [-0.25, -0.2) is 0 Å². The molecule has 1 aromatic heterocycles. The fourth-order valence-corrected chi connectivity index (χ4v) is 1.16. The van der Waals surface area contributed by atoms with Crippen molar-refractivity contribution >= 4 is 17.3 Å². The monoisotopic (exact) mass is 195 g/mol. The van der Waals surface area contributed by atoms with Crippen molar-refractivity contribution in [2.24, 2.45) is 0 Å². The third-order valence-corrected chi connectivity index (χ3v) is 1.78. The van der Waals surface area contributed by atoms with Gasteiger partial charge in [0.1, 0.15) is 0 Å². The van der Waals surface area contributed by atoms with Gasteiger partial charge in [0.05, 0.1) is 5.69 Å². The Kier molecular flexibility index (Phi) is 1.86. The van der Waals surface area contributed by atoms with Crippen molar-refractivity contribution in [3.63, 3.8) is 0 Å². The number of rotatable bonds is 1. The molecule has 66 valence electrons. The highest BCUT2D eigenvalue weighted by Gasteiger charge is 2.04. The molecular weight excluding hydrogens is 190 g/mol. The summed E-state index contributed by atoms with van der Waals surface area (Å²) in [5.41, 5.74) is 6.98. The molecule has 0 spiro atoms. The number of nitrogen functional groups attached to an aromatic ring is 1. The van der Waals surface area contributed by atoms with E-state index in [0.717, 1.165) is 5.69 Å². The number of hydrogen-bond donors (Lipinski definition) is 1. The molecule has 0 aliphatic heterocycles. The van der Waals surface area contributed by atoms with Crippen LogP contribution in [0.1, 0.15) is 0 Å². The first-order chi connectivity index (χ1) is 6.27. The Morgan fingerprint density at radius 3 is 2.85 bits per heavy atom. The van der Waals surface area contributed by atoms with Crippen molar-refractivity contribution in [3.05, 3.63) is 29.5 Å². The van der Waals surface area contributed by atoms with Crippen LogP contribution in [0.4, 0.5) is 5.69 Å². The molecule has 1 aromatic carbocycles. The molecule has 0 atom stereocenters. The Bertz CT molecular complexity index is 424. The lowest BCUT2D eigenvalue weighted by atomic mass is 10.3. The molecule has 0 aliphatic rings. The van der Waals surface area contributed by atoms with Crippen molar-refractivity contribution in [3.8, 4) is 5.69 Å². The van der Waals surface area contributed by atoms with E-state index in [1.165, 1.54) is 4.68 Å². The van der Waals surface area contributed by atoms with Gasteiger partial charge in [-0.15, -0.1) is 0 Å². The minimum Gasteiger partial charge on any atom is -0.399 e. The van der Waals surface area contributed by atoms with Gasteiger partial charge < -0.3 is 5.73 Å². The van der Waals surface area contributed by atoms with E-state index in [4.69, 9.17) is 17.3 Å². The predicted octanol–water partition coefficient (Wildman–Crippen LogP) is 0.898. The second-order valence-electron chi connectivity index (χ2n) is 2.45.